The number of morpholine rings is 1. The van der Waals surface area contributed by atoms with Gasteiger partial charge in [-0.25, -0.2) is 0 Å². The third-order valence-corrected chi connectivity index (χ3v) is 5.55. The Morgan fingerprint density at radius 1 is 1.14 bits per heavy atom. The molecule has 0 spiro atoms. The Labute approximate surface area is 172 Å². The molecule has 0 aliphatic carbocycles. The van der Waals surface area contributed by atoms with Crippen LogP contribution < -0.4 is 25.6 Å². The zero-order valence-electron chi connectivity index (χ0n) is 17.2. The van der Waals surface area contributed by atoms with Gasteiger partial charge in [-0.1, -0.05) is 19.1 Å². The van der Waals surface area contributed by atoms with Gasteiger partial charge in [0, 0.05) is 32.7 Å². The van der Waals surface area contributed by atoms with Crippen molar-refractivity contribution >= 4 is 23.3 Å². The van der Waals surface area contributed by atoms with Crippen LogP contribution in [-0.2, 0) is 11.3 Å². The summed E-state index contributed by atoms with van der Waals surface area (Å²) in [6, 6.07) is 7.98. The van der Waals surface area contributed by atoms with Crippen LogP contribution in [-0.4, -0.2) is 56.5 Å². The Morgan fingerprint density at radius 3 is 2.55 bits per heavy atom. The molecule has 156 valence electrons. The number of aromatic nitrogens is 2. The number of nitrogens with zero attached hydrogens (tertiary/aromatic N) is 4. The number of hydrogen-bond donors (Lipinski definition) is 2. The Balaban J connectivity index is 1.59. The minimum absolute atomic E-state index is 0.615. The molecule has 29 heavy (non-hydrogen) atoms. The monoisotopic (exact) mass is 398 g/mol. The summed E-state index contributed by atoms with van der Waals surface area (Å²) >= 11 is 0. The van der Waals surface area contributed by atoms with E-state index in [1.165, 1.54) is 0 Å². The molecule has 3 N–H and O–H groups in total. The second-order valence-electron chi connectivity index (χ2n) is 7.75. The van der Waals surface area contributed by atoms with Gasteiger partial charge in [0.25, 0.3) is 0 Å². The number of nitrogen functional groups attached to an aromatic ring is 1. The average molecular weight is 399 g/mol. The topological polar surface area (TPSA) is 88.8 Å². The van der Waals surface area contributed by atoms with Gasteiger partial charge in [0.15, 0.2) is 11.6 Å². The van der Waals surface area contributed by atoms with E-state index in [2.05, 4.69) is 22.0 Å². The van der Waals surface area contributed by atoms with Crippen LogP contribution in [0.15, 0.2) is 24.3 Å². The van der Waals surface area contributed by atoms with E-state index >= 15 is 0 Å². The van der Waals surface area contributed by atoms with Crippen LogP contribution in [0.5, 0.6) is 5.75 Å². The first-order valence-electron chi connectivity index (χ1n) is 10.3. The highest BCUT2D eigenvalue weighted by molar-refractivity contribution is 5.77. The molecule has 4 rings (SSSR count). The summed E-state index contributed by atoms with van der Waals surface area (Å²) in [6.07, 6.45) is 1.16. The van der Waals surface area contributed by atoms with E-state index < -0.39 is 0 Å². The van der Waals surface area contributed by atoms with Crippen LogP contribution >= 0.6 is 0 Å². The van der Waals surface area contributed by atoms with Crippen molar-refractivity contribution in [3.63, 3.8) is 0 Å². The summed E-state index contributed by atoms with van der Waals surface area (Å²) in [7, 11) is 1.67. The van der Waals surface area contributed by atoms with Crippen molar-refractivity contribution < 1.29 is 9.47 Å². The van der Waals surface area contributed by atoms with Crippen LogP contribution in [0.2, 0.25) is 0 Å². The molecule has 8 nitrogen and oxygen atoms in total. The third-order valence-electron chi connectivity index (χ3n) is 5.55. The SMILES string of the molecule is COc1ccc(CNc2nc(N3CCOCC3)nc(N3CCC(C)C3)c2N)cc1. The molecule has 1 aromatic heterocycles. The van der Waals surface area contributed by atoms with Gasteiger partial charge >= 0.3 is 0 Å². The van der Waals surface area contributed by atoms with Crippen molar-refractivity contribution in [3.8, 4) is 5.75 Å². The molecule has 0 bridgehead atoms. The maximum Gasteiger partial charge on any atom is 0.229 e. The molecule has 0 saturated carbocycles. The zero-order chi connectivity index (χ0) is 20.2. The first-order valence-corrected chi connectivity index (χ1v) is 10.3. The lowest BCUT2D eigenvalue weighted by atomic mass is 10.2. The fourth-order valence-corrected chi connectivity index (χ4v) is 3.78. The van der Waals surface area contributed by atoms with Crippen LogP contribution in [0.4, 0.5) is 23.3 Å². The molecule has 3 heterocycles. The summed E-state index contributed by atoms with van der Waals surface area (Å²) in [5.74, 6) is 3.73. The van der Waals surface area contributed by atoms with Gasteiger partial charge < -0.3 is 30.3 Å². The van der Waals surface area contributed by atoms with Gasteiger partial charge in [-0.15, -0.1) is 0 Å². The van der Waals surface area contributed by atoms with E-state index in [4.69, 9.17) is 25.2 Å². The highest BCUT2D eigenvalue weighted by atomic mass is 16.5. The smallest absolute Gasteiger partial charge is 0.229 e. The number of nitrogens with two attached hydrogens (primary N) is 1. The lowest BCUT2D eigenvalue weighted by Crippen LogP contribution is -2.38. The fourth-order valence-electron chi connectivity index (χ4n) is 3.78. The highest BCUT2D eigenvalue weighted by Gasteiger charge is 2.26. The number of hydrogen-bond acceptors (Lipinski definition) is 8. The van der Waals surface area contributed by atoms with E-state index in [1.54, 1.807) is 7.11 Å². The van der Waals surface area contributed by atoms with E-state index in [0.29, 0.717) is 43.1 Å². The highest BCUT2D eigenvalue weighted by Crippen LogP contribution is 2.33. The molecule has 2 aliphatic rings. The van der Waals surface area contributed by atoms with Crippen LogP contribution in [0.3, 0.4) is 0 Å². The maximum atomic E-state index is 6.52. The summed E-state index contributed by atoms with van der Waals surface area (Å²) in [6.45, 7) is 7.81. The zero-order valence-corrected chi connectivity index (χ0v) is 17.2. The number of benzene rings is 1. The molecule has 8 heteroatoms. The van der Waals surface area contributed by atoms with Gasteiger partial charge in [0.05, 0.1) is 20.3 Å². The van der Waals surface area contributed by atoms with Gasteiger partial charge in [-0.05, 0) is 30.0 Å². The van der Waals surface area contributed by atoms with Gasteiger partial charge in [0.1, 0.15) is 11.4 Å². The van der Waals surface area contributed by atoms with Crippen LogP contribution in [0.1, 0.15) is 18.9 Å². The Morgan fingerprint density at radius 2 is 1.90 bits per heavy atom. The van der Waals surface area contributed by atoms with E-state index in [1.807, 2.05) is 24.3 Å². The lowest BCUT2D eigenvalue weighted by Gasteiger charge is -2.29. The molecule has 1 atom stereocenters. The molecule has 2 saturated heterocycles. The molecular formula is C21H30N6O2. The molecule has 1 unspecified atom stereocenters. The predicted molar refractivity (Wildman–Crippen MR) is 116 cm³/mol. The van der Waals surface area contributed by atoms with Crippen molar-refractivity contribution in [1.82, 2.24) is 9.97 Å². The molecule has 2 aliphatic heterocycles. The minimum atomic E-state index is 0.615. The Hall–Kier alpha value is -2.74. The first kappa shape index (κ1) is 19.6. The van der Waals surface area contributed by atoms with Crippen LogP contribution in [0.25, 0.3) is 0 Å². The van der Waals surface area contributed by atoms with Crippen molar-refractivity contribution in [2.24, 2.45) is 5.92 Å². The van der Waals surface area contributed by atoms with Crippen molar-refractivity contribution in [2.45, 2.75) is 19.9 Å². The van der Waals surface area contributed by atoms with Gasteiger partial charge in [0.2, 0.25) is 5.95 Å². The van der Waals surface area contributed by atoms with Crippen molar-refractivity contribution in [1.29, 1.82) is 0 Å². The van der Waals surface area contributed by atoms with Gasteiger partial charge in [-0.3, -0.25) is 0 Å². The largest absolute Gasteiger partial charge is 0.497 e. The molecular weight excluding hydrogens is 368 g/mol. The van der Waals surface area contributed by atoms with Crippen LogP contribution in [0, 0.1) is 5.92 Å². The molecule has 2 aromatic rings. The molecule has 0 radical (unpaired) electrons. The lowest BCUT2D eigenvalue weighted by molar-refractivity contribution is 0.122. The number of rotatable bonds is 6. The minimum Gasteiger partial charge on any atom is -0.497 e. The fraction of sp³-hybridized carbons (Fsp3) is 0.524. The number of nitrogens with one attached hydrogen (secondary N) is 1. The second kappa shape index (κ2) is 8.73. The number of ether oxygens (including phenoxy) is 2. The third kappa shape index (κ3) is 4.48. The molecule has 0 amide bonds. The summed E-state index contributed by atoms with van der Waals surface area (Å²) in [5.41, 5.74) is 8.27. The van der Waals surface area contributed by atoms with Crippen molar-refractivity contribution in [2.75, 3.05) is 67.4 Å². The summed E-state index contributed by atoms with van der Waals surface area (Å²) in [5, 5.41) is 3.42. The van der Waals surface area contributed by atoms with Crippen molar-refractivity contribution in [3.05, 3.63) is 29.8 Å². The normalized spacial score (nSPS) is 19.4. The number of anilines is 4. The first-order chi connectivity index (χ1) is 14.1. The standard InChI is InChI=1S/C21H30N6O2/c1-15-7-8-27(14-15)20-18(22)19(23-13-16-3-5-17(28-2)6-4-16)24-21(25-20)26-9-11-29-12-10-26/h3-6,15H,7-14,22H2,1-2H3,(H,23,24,25). The molecule has 1 aromatic carbocycles. The van der Waals surface area contributed by atoms with Gasteiger partial charge in [-0.2, -0.15) is 9.97 Å². The second-order valence-corrected chi connectivity index (χ2v) is 7.75. The Bertz CT molecular complexity index is 823. The number of methoxy groups -OCH3 is 1. The van der Waals surface area contributed by atoms with E-state index in [-0.39, 0.29) is 0 Å². The molecule has 2 fully saturated rings. The quantitative estimate of drug-likeness (QED) is 0.767. The van der Waals surface area contributed by atoms with E-state index in [0.717, 1.165) is 49.7 Å². The summed E-state index contributed by atoms with van der Waals surface area (Å²) < 4.78 is 10.7. The predicted octanol–water partition coefficient (Wildman–Crippen LogP) is 2.36. The van der Waals surface area contributed by atoms with E-state index in [9.17, 15) is 0 Å². The maximum absolute atomic E-state index is 6.52. The summed E-state index contributed by atoms with van der Waals surface area (Å²) in [4.78, 5) is 14.1. The average Bonchev–Trinajstić information content (AvgIpc) is 3.20. The Kier molecular flexibility index (Phi) is 5.89.